The number of nitrogen functional groups attached to an aromatic ring is 3. The molecule has 2 aromatic heterocycles. The maximum Gasteiger partial charge on any atom is 0.251 e. The summed E-state index contributed by atoms with van der Waals surface area (Å²) in [5, 5.41) is 2.83. The number of aliphatic imine (C=N–C) groups is 1. The molecule has 0 atom stereocenters. The minimum Gasteiger partial charge on any atom is -0.404 e. The Bertz CT molecular complexity index is 1140. The van der Waals surface area contributed by atoms with E-state index in [0.29, 0.717) is 42.4 Å². The number of carbonyl (C=O) groups is 1. The second kappa shape index (κ2) is 11.2. The van der Waals surface area contributed by atoms with Crippen molar-refractivity contribution in [3.05, 3.63) is 83.1 Å². The third-order valence-electron chi connectivity index (χ3n) is 4.72. The molecule has 11 nitrogen and oxygen atoms in total. The second-order valence-electron chi connectivity index (χ2n) is 7.13. The van der Waals surface area contributed by atoms with Gasteiger partial charge in [-0.3, -0.25) is 9.79 Å². The molecule has 0 unspecified atom stereocenters. The molecular formula is C22H26N10O. The van der Waals surface area contributed by atoms with Crippen LogP contribution < -0.4 is 33.8 Å². The highest BCUT2D eigenvalue weighted by Gasteiger charge is 2.09. The highest BCUT2D eigenvalue weighted by Crippen LogP contribution is 2.24. The summed E-state index contributed by atoms with van der Waals surface area (Å²) in [6.07, 6.45) is 8.31. The van der Waals surface area contributed by atoms with E-state index in [1.54, 1.807) is 36.8 Å². The first-order chi connectivity index (χ1) is 16.0. The predicted octanol–water partition coefficient (Wildman–Crippen LogP) is 0.908. The van der Waals surface area contributed by atoms with Crippen LogP contribution in [0, 0.1) is 0 Å². The van der Waals surface area contributed by atoms with Crippen molar-refractivity contribution >= 4 is 29.4 Å². The van der Waals surface area contributed by atoms with Gasteiger partial charge in [-0.15, -0.1) is 0 Å². The number of nitrogens with zero attached hydrogens (tertiary/aromatic N) is 4. The van der Waals surface area contributed by atoms with Crippen molar-refractivity contribution in [1.29, 1.82) is 0 Å². The van der Waals surface area contributed by atoms with E-state index >= 15 is 0 Å². The van der Waals surface area contributed by atoms with Crippen LogP contribution in [0.4, 0.5) is 17.3 Å². The Kier molecular flexibility index (Phi) is 7.86. The van der Waals surface area contributed by atoms with Crippen molar-refractivity contribution in [3.8, 4) is 0 Å². The van der Waals surface area contributed by atoms with Crippen LogP contribution in [0.1, 0.15) is 27.0 Å². The van der Waals surface area contributed by atoms with Crippen LogP contribution in [-0.2, 0) is 19.5 Å². The molecule has 0 spiro atoms. The summed E-state index contributed by atoms with van der Waals surface area (Å²) >= 11 is 0. The Labute approximate surface area is 191 Å². The van der Waals surface area contributed by atoms with Crippen LogP contribution >= 0.6 is 0 Å². The number of benzene rings is 1. The average Bonchev–Trinajstić information content (AvgIpc) is 2.84. The first kappa shape index (κ1) is 23.2. The molecule has 1 amide bonds. The van der Waals surface area contributed by atoms with Crippen molar-refractivity contribution in [3.63, 3.8) is 0 Å². The quantitative estimate of drug-likeness (QED) is 0.157. The van der Waals surface area contributed by atoms with Gasteiger partial charge in [-0.25, -0.2) is 20.8 Å². The lowest BCUT2D eigenvalue weighted by molar-refractivity contribution is 0.0951. The molecule has 0 aliphatic rings. The van der Waals surface area contributed by atoms with E-state index in [9.17, 15) is 4.79 Å². The molecule has 0 fully saturated rings. The van der Waals surface area contributed by atoms with Gasteiger partial charge in [0.25, 0.3) is 5.91 Å². The number of rotatable bonds is 9. The lowest BCUT2D eigenvalue weighted by atomic mass is 10.1. The standard InChI is InChI=1S/C22H26N10O/c23-7-15(5-18-6-19(24)31-21(32-26)20(18)25)9-27-8-14-1-3-17(4-2-14)22(33)30-12-16-10-28-13-29-11-16/h1-4,6-7,9-11,13H,5,8,12,23,25-26H2,(H,30,33)(H3,24,31,32). The van der Waals surface area contributed by atoms with Gasteiger partial charge in [-0.2, -0.15) is 0 Å². The van der Waals surface area contributed by atoms with Gasteiger partial charge in [0, 0.05) is 42.7 Å². The molecule has 0 bridgehead atoms. The lowest BCUT2D eigenvalue weighted by Gasteiger charge is -2.11. The van der Waals surface area contributed by atoms with Crippen molar-refractivity contribution in [2.45, 2.75) is 19.5 Å². The van der Waals surface area contributed by atoms with E-state index in [-0.39, 0.29) is 5.91 Å². The van der Waals surface area contributed by atoms with E-state index in [0.717, 1.165) is 22.3 Å². The number of nitrogens with one attached hydrogen (secondary N) is 2. The molecule has 0 saturated carbocycles. The summed E-state index contributed by atoms with van der Waals surface area (Å²) in [4.78, 5) is 28.6. The van der Waals surface area contributed by atoms with Gasteiger partial charge in [0.15, 0.2) is 5.82 Å². The van der Waals surface area contributed by atoms with Gasteiger partial charge in [0.1, 0.15) is 12.1 Å². The lowest BCUT2D eigenvalue weighted by Crippen LogP contribution is -2.22. The number of aromatic nitrogens is 3. The number of nitrogens with two attached hydrogens (primary N) is 4. The van der Waals surface area contributed by atoms with Gasteiger partial charge in [0.2, 0.25) is 0 Å². The summed E-state index contributed by atoms with van der Waals surface area (Å²) in [6, 6.07) is 8.88. The molecule has 3 aromatic rings. The number of carbonyl (C=O) groups excluding carboxylic acids is 1. The number of amides is 1. The molecule has 2 heterocycles. The molecule has 0 saturated heterocycles. The van der Waals surface area contributed by atoms with Crippen molar-refractivity contribution < 1.29 is 4.79 Å². The molecule has 1 aromatic carbocycles. The molecule has 10 N–H and O–H groups in total. The van der Waals surface area contributed by atoms with Crippen LogP contribution in [0.3, 0.4) is 0 Å². The van der Waals surface area contributed by atoms with E-state index < -0.39 is 0 Å². The van der Waals surface area contributed by atoms with Crippen LogP contribution in [-0.4, -0.2) is 27.1 Å². The highest BCUT2D eigenvalue weighted by atomic mass is 16.1. The topological polar surface area (TPSA) is 196 Å². The van der Waals surface area contributed by atoms with Crippen LogP contribution in [0.5, 0.6) is 0 Å². The maximum atomic E-state index is 12.3. The zero-order chi connectivity index (χ0) is 23.6. The van der Waals surface area contributed by atoms with E-state index in [4.69, 9.17) is 23.0 Å². The second-order valence-corrected chi connectivity index (χ2v) is 7.13. The first-order valence-electron chi connectivity index (χ1n) is 10.0. The number of pyridine rings is 1. The average molecular weight is 447 g/mol. The number of anilines is 3. The molecule has 3 rings (SSSR count). The molecule has 33 heavy (non-hydrogen) atoms. The fourth-order valence-corrected chi connectivity index (χ4v) is 2.99. The minimum atomic E-state index is -0.178. The first-order valence-corrected chi connectivity index (χ1v) is 10.0. The number of hydrogen-bond donors (Lipinski definition) is 6. The van der Waals surface area contributed by atoms with Gasteiger partial charge in [0.05, 0.1) is 12.2 Å². The number of allylic oxidation sites excluding steroid dienone is 1. The molecule has 0 radical (unpaired) electrons. The summed E-state index contributed by atoms with van der Waals surface area (Å²) in [6.45, 7) is 0.778. The van der Waals surface area contributed by atoms with Crippen LogP contribution in [0.15, 0.2) is 65.8 Å². The van der Waals surface area contributed by atoms with Crippen molar-refractivity contribution in [1.82, 2.24) is 20.3 Å². The summed E-state index contributed by atoms with van der Waals surface area (Å²) in [5.74, 6) is 5.85. The Morgan fingerprint density at radius 1 is 1.09 bits per heavy atom. The largest absolute Gasteiger partial charge is 0.404 e. The van der Waals surface area contributed by atoms with Crippen LogP contribution in [0.25, 0.3) is 0 Å². The van der Waals surface area contributed by atoms with Gasteiger partial charge in [-0.05, 0) is 41.1 Å². The summed E-state index contributed by atoms with van der Waals surface area (Å²) in [7, 11) is 0. The normalized spacial score (nSPS) is 11.5. The molecule has 11 heteroatoms. The Morgan fingerprint density at radius 3 is 2.48 bits per heavy atom. The minimum absolute atomic E-state index is 0.178. The van der Waals surface area contributed by atoms with E-state index in [2.05, 4.69) is 30.7 Å². The van der Waals surface area contributed by atoms with E-state index in [1.807, 2.05) is 12.1 Å². The van der Waals surface area contributed by atoms with Gasteiger partial charge < -0.3 is 27.9 Å². The number of hydrazine groups is 1. The van der Waals surface area contributed by atoms with Crippen molar-refractivity contribution in [2.24, 2.45) is 16.6 Å². The smallest absolute Gasteiger partial charge is 0.251 e. The van der Waals surface area contributed by atoms with Crippen molar-refractivity contribution in [2.75, 3.05) is 16.9 Å². The third-order valence-corrected chi connectivity index (χ3v) is 4.72. The number of hydrogen-bond acceptors (Lipinski definition) is 10. The predicted molar refractivity (Wildman–Crippen MR) is 129 cm³/mol. The van der Waals surface area contributed by atoms with E-state index in [1.165, 1.54) is 12.5 Å². The molecule has 0 aliphatic carbocycles. The SMILES string of the molecule is NC=C(C=NCc1ccc(C(=O)NCc2cncnc2)cc1)Cc1cc(N)nc(NN)c1N. The molecular weight excluding hydrogens is 420 g/mol. The third kappa shape index (κ3) is 6.48. The maximum absolute atomic E-state index is 12.3. The Morgan fingerprint density at radius 2 is 1.82 bits per heavy atom. The fourth-order valence-electron chi connectivity index (χ4n) is 2.99. The zero-order valence-corrected chi connectivity index (χ0v) is 17.9. The Balaban J connectivity index is 1.56. The monoisotopic (exact) mass is 446 g/mol. The molecule has 0 aliphatic heterocycles. The highest BCUT2D eigenvalue weighted by molar-refractivity contribution is 5.94. The van der Waals surface area contributed by atoms with Gasteiger partial charge >= 0.3 is 0 Å². The summed E-state index contributed by atoms with van der Waals surface area (Å²) in [5.41, 5.74) is 24.2. The summed E-state index contributed by atoms with van der Waals surface area (Å²) < 4.78 is 0. The van der Waals surface area contributed by atoms with Gasteiger partial charge in [-0.1, -0.05) is 12.1 Å². The fraction of sp³-hybridized carbons (Fsp3) is 0.136. The Hall–Kier alpha value is -4.51. The zero-order valence-electron chi connectivity index (χ0n) is 17.9. The van der Waals surface area contributed by atoms with Crippen LogP contribution in [0.2, 0.25) is 0 Å². The molecule has 170 valence electrons.